The molecule has 1 unspecified atom stereocenters. The molecule has 0 aliphatic carbocycles. The zero-order valence-electron chi connectivity index (χ0n) is 7.48. The molecule has 4 nitrogen and oxygen atoms in total. The van der Waals surface area contributed by atoms with E-state index in [1.807, 2.05) is 0 Å². The summed E-state index contributed by atoms with van der Waals surface area (Å²) in [7, 11) is 0. The molecule has 1 rings (SSSR count). The predicted molar refractivity (Wildman–Crippen MR) is 48.0 cm³/mol. The van der Waals surface area contributed by atoms with E-state index in [1.165, 1.54) is 18.3 Å². The number of carboxylic acid groups (broad SMARTS) is 1. The maximum Gasteiger partial charge on any atom is 0.303 e. The Labute approximate surface area is 80.6 Å². The Bertz CT molecular complexity index is 313. The normalized spacial score (nSPS) is 12.4. The van der Waals surface area contributed by atoms with Gasteiger partial charge in [0, 0.05) is 18.7 Å². The number of nitrogens with zero attached hydrogens (tertiary/aromatic N) is 1. The van der Waals surface area contributed by atoms with Crippen LogP contribution in [-0.2, 0) is 4.79 Å². The summed E-state index contributed by atoms with van der Waals surface area (Å²) in [5, 5.41) is 8.42. The van der Waals surface area contributed by atoms with Crippen LogP contribution in [0, 0.1) is 5.95 Å². The van der Waals surface area contributed by atoms with Crippen molar-refractivity contribution in [3.05, 3.63) is 29.8 Å². The van der Waals surface area contributed by atoms with E-state index in [2.05, 4.69) is 4.98 Å². The third kappa shape index (κ3) is 3.10. The number of carboxylic acids is 1. The SMILES string of the molecule is NC(CCC(=O)O)c1ccc(F)nc1. The molecule has 0 spiro atoms. The van der Waals surface area contributed by atoms with Gasteiger partial charge in [0.15, 0.2) is 0 Å². The van der Waals surface area contributed by atoms with Gasteiger partial charge < -0.3 is 10.8 Å². The van der Waals surface area contributed by atoms with Crippen molar-refractivity contribution in [3.63, 3.8) is 0 Å². The molecule has 0 aromatic carbocycles. The molecule has 14 heavy (non-hydrogen) atoms. The monoisotopic (exact) mass is 198 g/mol. The molecule has 1 atom stereocenters. The van der Waals surface area contributed by atoms with Crippen LogP contribution >= 0.6 is 0 Å². The Kier molecular flexibility index (Phi) is 3.53. The second kappa shape index (κ2) is 4.66. The van der Waals surface area contributed by atoms with Gasteiger partial charge in [0.1, 0.15) is 0 Å². The van der Waals surface area contributed by atoms with E-state index in [9.17, 15) is 9.18 Å². The molecule has 0 bridgehead atoms. The van der Waals surface area contributed by atoms with Crippen LogP contribution in [0.5, 0.6) is 0 Å². The Hall–Kier alpha value is -1.49. The lowest BCUT2D eigenvalue weighted by Gasteiger charge is -2.09. The first-order valence-electron chi connectivity index (χ1n) is 4.18. The zero-order valence-corrected chi connectivity index (χ0v) is 7.48. The summed E-state index contributed by atoms with van der Waals surface area (Å²) in [5.41, 5.74) is 6.31. The molecule has 1 heterocycles. The molecular weight excluding hydrogens is 187 g/mol. The number of rotatable bonds is 4. The first-order valence-corrected chi connectivity index (χ1v) is 4.18. The van der Waals surface area contributed by atoms with Crippen LogP contribution < -0.4 is 5.73 Å². The Morgan fingerprint density at radius 1 is 1.64 bits per heavy atom. The largest absolute Gasteiger partial charge is 0.481 e. The van der Waals surface area contributed by atoms with Crippen molar-refractivity contribution in [2.75, 3.05) is 0 Å². The molecule has 0 saturated heterocycles. The Morgan fingerprint density at radius 2 is 2.36 bits per heavy atom. The summed E-state index contributed by atoms with van der Waals surface area (Å²) in [4.78, 5) is 13.7. The molecule has 1 aromatic rings. The average Bonchev–Trinajstić information content (AvgIpc) is 2.15. The van der Waals surface area contributed by atoms with Crippen LogP contribution in [0.3, 0.4) is 0 Å². The van der Waals surface area contributed by atoms with E-state index < -0.39 is 18.0 Å². The first-order chi connectivity index (χ1) is 6.59. The van der Waals surface area contributed by atoms with Crippen molar-refractivity contribution in [3.8, 4) is 0 Å². The number of aromatic nitrogens is 1. The number of hydrogen-bond donors (Lipinski definition) is 2. The van der Waals surface area contributed by atoms with E-state index in [1.54, 1.807) is 0 Å². The summed E-state index contributed by atoms with van der Waals surface area (Å²) >= 11 is 0. The highest BCUT2D eigenvalue weighted by Gasteiger charge is 2.08. The van der Waals surface area contributed by atoms with E-state index in [0.29, 0.717) is 12.0 Å². The van der Waals surface area contributed by atoms with Crippen molar-refractivity contribution in [1.29, 1.82) is 0 Å². The van der Waals surface area contributed by atoms with Crippen LogP contribution in [0.2, 0.25) is 0 Å². The highest BCUT2D eigenvalue weighted by molar-refractivity contribution is 5.66. The van der Waals surface area contributed by atoms with Crippen LogP contribution in [0.15, 0.2) is 18.3 Å². The molecular formula is C9H11FN2O2. The van der Waals surface area contributed by atoms with Gasteiger partial charge in [-0.05, 0) is 18.1 Å². The van der Waals surface area contributed by atoms with E-state index >= 15 is 0 Å². The highest BCUT2D eigenvalue weighted by Crippen LogP contribution is 2.14. The maximum absolute atomic E-state index is 12.4. The number of nitrogens with two attached hydrogens (primary N) is 1. The van der Waals surface area contributed by atoms with E-state index in [4.69, 9.17) is 10.8 Å². The van der Waals surface area contributed by atoms with E-state index in [0.717, 1.165) is 0 Å². The Morgan fingerprint density at radius 3 is 2.86 bits per heavy atom. The summed E-state index contributed by atoms with van der Waals surface area (Å²) in [6.45, 7) is 0. The fourth-order valence-electron chi connectivity index (χ4n) is 1.05. The minimum Gasteiger partial charge on any atom is -0.481 e. The average molecular weight is 198 g/mol. The summed E-state index contributed by atoms with van der Waals surface area (Å²) in [6, 6.07) is 2.31. The van der Waals surface area contributed by atoms with Gasteiger partial charge in [-0.3, -0.25) is 4.79 Å². The number of halogens is 1. The van der Waals surface area contributed by atoms with Gasteiger partial charge in [-0.25, -0.2) is 4.98 Å². The lowest BCUT2D eigenvalue weighted by atomic mass is 10.1. The van der Waals surface area contributed by atoms with Crippen LogP contribution in [0.1, 0.15) is 24.4 Å². The Balaban J connectivity index is 2.56. The zero-order chi connectivity index (χ0) is 10.6. The third-order valence-electron chi connectivity index (χ3n) is 1.85. The molecule has 0 amide bonds. The summed E-state index contributed by atoms with van der Waals surface area (Å²) in [6.07, 6.45) is 1.64. The van der Waals surface area contributed by atoms with Crippen molar-refractivity contribution in [2.45, 2.75) is 18.9 Å². The molecule has 1 aromatic heterocycles. The van der Waals surface area contributed by atoms with Gasteiger partial charge in [0.25, 0.3) is 0 Å². The molecule has 3 N–H and O–H groups in total. The molecule has 0 radical (unpaired) electrons. The second-order valence-electron chi connectivity index (χ2n) is 2.95. The fourth-order valence-corrected chi connectivity index (χ4v) is 1.05. The van der Waals surface area contributed by atoms with Gasteiger partial charge in [-0.15, -0.1) is 0 Å². The molecule has 0 aliphatic heterocycles. The van der Waals surface area contributed by atoms with Crippen LogP contribution in [0.4, 0.5) is 4.39 Å². The standard InChI is InChI=1S/C9H11FN2O2/c10-8-3-1-6(5-12-8)7(11)2-4-9(13)14/h1,3,5,7H,2,4,11H2,(H,13,14). The quantitative estimate of drug-likeness (QED) is 0.710. The van der Waals surface area contributed by atoms with Crippen molar-refractivity contribution in [1.82, 2.24) is 4.98 Å². The van der Waals surface area contributed by atoms with Crippen LogP contribution in [0.25, 0.3) is 0 Å². The topological polar surface area (TPSA) is 76.2 Å². The minimum absolute atomic E-state index is 0.00145. The number of aliphatic carboxylic acids is 1. The van der Waals surface area contributed by atoms with Crippen molar-refractivity contribution < 1.29 is 14.3 Å². The lowest BCUT2D eigenvalue weighted by molar-refractivity contribution is -0.137. The van der Waals surface area contributed by atoms with Gasteiger partial charge in [0.2, 0.25) is 5.95 Å². The van der Waals surface area contributed by atoms with Crippen molar-refractivity contribution in [2.24, 2.45) is 5.73 Å². The van der Waals surface area contributed by atoms with Gasteiger partial charge in [0.05, 0.1) is 0 Å². The van der Waals surface area contributed by atoms with Gasteiger partial charge >= 0.3 is 5.97 Å². The molecule has 0 saturated carbocycles. The van der Waals surface area contributed by atoms with Crippen LogP contribution in [-0.4, -0.2) is 16.1 Å². The molecule has 0 aliphatic rings. The smallest absolute Gasteiger partial charge is 0.303 e. The summed E-state index contributed by atoms with van der Waals surface area (Å²) < 4.78 is 12.4. The maximum atomic E-state index is 12.4. The number of pyridine rings is 1. The minimum atomic E-state index is -0.893. The van der Waals surface area contributed by atoms with Gasteiger partial charge in [-0.2, -0.15) is 4.39 Å². The molecule has 5 heteroatoms. The lowest BCUT2D eigenvalue weighted by Crippen LogP contribution is -2.12. The van der Waals surface area contributed by atoms with E-state index in [-0.39, 0.29) is 6.42 Å². The molecule has 76 valence electrons. The number of carbonyl (C=O) groups is 1. The predicted octanol–water partition coefficient (Wildman–Crippen LogP) is 1.09. The third-order valence-corrected chi connectivity index (χ3v) is 1.85. The van der Waals surface area contributed by atoms with Gasteiger partial charge in [-0.1, -0.05) is 6.07 Å². The second-order valence-corrected chi connectivity index (χ2v) is 2.95. The first kappa shape index (κ1) is 10.6. The summed E-state index contributed by atoms with van der Waals surface area (Å²) in [5.74, 6) is -1.46. The van der Waals surface area contributed by atoms with Crippen molar-refractivity contribution >= 4 is 5.97 Å². The number of hydrogen-bond acceptors (Lipinski definition) is 3. The highest BCUT2D eigenvalue weighted by atomic mass is 19.1. The molecule has 0 fully saturated rings. The fraction of sp³-hybridized carbons (Fsp3) is 0.333.